The third-order valence-electron chi connectivity index (χ3n) is 3.75. The topological polar surface area (TPSA) is 68.3 Å². The first-order valence-electron chi connectivity index (χ1n) is 7.91. The molecule has 1 aliphatic rings. The van der Waals surface area contributed by atoms with Gasteiger partial charge in [-0.25, -0.2) is 4.98 Å². The molecule has 3 aromatic rings. The highest BCUT2D eigenvalue weighted by Crippen LogP contribution is 2.35. The second-order valence-electron chi connectivity index (χ2n) is 5.66. The molecule has 9 heteroatoms. The summed E-state index contributed by atoms with van der Waals surface area (Å²) < 4.78 is 49.0. The van der Waals surface area contributed by atoms with Crippen molar-refractivity contribution in [3.8, 4) is 11.5 Å². The van der Waals surface area contributed by atoms with Crippen LogP contribution in [-0.4, -0.2) is 16.8 Å². The van der Waals surface area contributed by atoms with Crippen molar-refractivity contribution < 1.29 is 22.6 Å². The number of nitrogens with zero attached hydrogens (tertiary/aromatic N) is 2. The summed E-state index contributed by atoms with van der Waals surface area (Å²) in [7, 11) is 0. The Morgan fingerprint density at radius 1 is 0.889 bits per heavy atom. The van der Waals surface area contributed by atoms with Crippen molar-refractivity contribution in [3.63, 3.8) is 0 Å². The second-order valence-corrected chi connectivity index (χ2v) is 5.66. The minimum Gasteiger partial charge on any atom is -0.454 e. The predicted molar refractivity (Wildman–Crippen MR) is 92.6 cm³/mol. The van der Waals surface area contributed by atoms with E-state index >= 15 is 0 Å². The molecule has 0 saturated carbocycles. The van der Waals surface area contributed by atoms with Crippen LogP contribution in [0, 0.1) is 0 Å². The molecular formula is C18H13F3N4O2. The van der Waals surface area contributed by atoms with Gasteiger partial charge in [0.15, 0.2) is 11.5 Å². The Bertz CT molecular complexity index is 979. The summed E-state index contributed by atoms with van der Waals surface area (Å²) in [4.78, 5) is 8.37. The van der Waals surface area contributed by atoms with E-state index in [9.17, 15) is 13.2 Å². The number of ether oxygens (including phenoxy) is 2. The Morgan fingerprint density at radius 3 is 2.56 bits per heavy atom. The van der Waals surface area contributed by atoms with Crippen molar-refractivity contribution in [1.82, 2.24) is 9.97 Å². The zero-order valence-corrected chi connectivity index (χ0v) is 13.7. The maximum Gasteiger partial charge on any atom is 0.416 e. The Hall–Kier alpha value is -3.49. The molecule has 0 aliphatic carbocycles. The molecule has 6 nitrogen and oxygen atoms in total. The fraction of sp³-hybridized carbons (Fsp3) is 0.111. The maximum atomic E-state index is 12.8. The van der Waals surface area contributed by atoms with E-state index in [1.807, 2.05) is 0 Å². The summed E-state index contributed by atoms with van der Waals surface area (Å²) in [6, 6.07) is 11.7. The quantitative estimate of drug-likeness (QED) is 0.689. The van der Waals surface area contributed by atoms with Crippen LogP contribution >= 0.6 is 0 Å². The Labute approximate surface area is 152 Å². The summed E-state index contributed by atoms with van der Waals surface area (Å²) in [5.41, 5.74) is 0.230. The number of benzene rings is 2. The van der Waals surface area contributed by atoms with Gasteiger partial charge in [-0.2, -0.15) is 18.2 Å². The monoisotopic (exact) mass is 374 g/mol. The van der Waals surface area contributed by atoms with Crippen molar-refractivity contribution in [1.29, 1.82) is 0 Å². The molecule has 2 heterocycles. The zero-order valence-electron chi connectivity index (χ0n) is 13.7. The van der Waals surface area contributed by atoms with Gasteiger partial charge in [-0.1, -0.05) is 6.07 Å². The van der Waals surface area contributed by atoms with E-state index in [0.717, 1.165) is 12.1 Å². The van der Waals surface area contributed by atoms with Crippen molar-refractivity contribution >= 4 is 23.1 Å². The lowest BCUT2D eigenvalue weighted by Gasteiger charge is -2.11. The van der Waals surface area contributed by atoms with Gasteiger partial charge in [0.2, 0.25) is 12.7 Å². The molecule has 0 fully saturated rings. The predicted octanol–water partition coefficient (Wildman–Crippen LogP) is 4.71. The molecule has 0 bridgehead atoms. The molecule has 2 aromatic carbocycles. The van der Waals surface area contributed by atoms with Crippen LogP contribution in [0.15, 0.2) is 54.7 Å². The number of fused-ring (bicyclic) bond motifs is 1. The van der Waals surface area contributed by atoms with Crippen LogP contribution < -0.4 is 20.1 Å². The number of alkyl halides is 3. The average Bonchev–Trinajstić information content (AvgIpc) is 3.09. The summed E-state index contributed by atoms with van der Waals surface area (Å²) >= 11 is 0. The molecule has 0 saturated heterocycles. The number of hydrogen-bond donors (Lipinski definition) is 2. The third kappa shape index (κ3) is 3.86. The van der Waals surface area contributed by atoms with Crippen molar-refractivity contribution in [2.75, 3.05) is 17.4 Å². The first kappa shape index (κ1) is 17.0. The van der Waals surface area contributed by atoms with E-state index in [0.29, 0.717) is 23.0 Å². The Morgan fingerprint density at radius 2 is 1.70 bits per heavy atom. The molecule has 1 aromatic heterocycles. The van der Waals surface area contributed by atoms with Gasteiger partial charge < -0.3 is 20.1 Å². The number of aromatic nitrogens is 2. The second kappa shape index (κ2) is 6.67. The molecule has 4 rings (SSSR count). The molecule has 138 valence electrons. The van der Waals surface area contributed by atoms with Gasteiger partial charge in [-0.15, -0.1) is 0 Å². The van der Waals surface area contributed by atoms with Gasteiger partial charge in [-0.05, 0) is 36.4 Å². The molecule has 0 spiro atoms. The van der Waals surface area contributed by atoms with Crippen LogP contribution in [0.3, 0.4) is 0 Å². The van der Waals surface area contributed by atoms with E-state index < -0.39 is 11.7 Å². The Balaban J connectivity index is 1.51. The molecule has 0 unspecified atom stereocenters. The lowest BCUT2D eigenvalue weighted by Crippen LogP contribution is -2.05. The van der Waals surface area contributed by atoms with Crippen LogP contribution in [0.5, 0.6) is 11.5 Å². The first-order valence-corrected chi connectivity index (χ1v) is 7.91. The standard InChI is InChI=1S/C18H13F3N4O2/c19-18(20,21)11-2-1-3-12(8-11)23-16-6-7-22-17(25-16)24-13-4-5-14-15(9-13)27-10-26-14/h1-9H,10H2,(H2,22,23,24,25). The normalized spacial score (nSPS) is 12.7. The summed E-state index contributed by atoms with van der Waals surface area (Å²) in [5.74, 6) is 1.90. The third-order valence-corrected chi connectivity index (χ3v) is 3.75. The van der Waals surface area contributed by atoms with Crippen LogP contribution in [0.1, 0.15) is 5.56 Å². The number of halogens is 3. The van der Waals surface area contributed by atoms with Crippen LogP contribution in [0.4, 0.5) is 36.3 Å². The first-order chi connectivity index (χ1) is 13.0. The van der Waals surface area contributed by atoms with Gasteiger partial charge in [0.05, 0.1) is 5.56 Å². The molecular weight excluding hydrogens is 361 g/mol. The average molecular weight is 374 g/mol. The van der Waals surface area contributed by atoms with Crippen molar-refractivity contribution in [2.45, 2.75) is 6.18 Å². The number of hydrogen-bond acceptors (Lipinski definition) is 6. The van der Waals surface area contributed by atoms with Gasteiger partial charge >= 0.3 is 6.18 Å². The zero-order chi connectivity index (χ0) is 18.9. The summed E-state index contributed by atoms with van der Waals surface area (Å²) in [6.07, 6.45) is -2.91. The van der Waals surface area contributed by atoms with Gasteiger partial charge in [0.1, 0.15) is 5.82 Å². The minimum atomic E-state index is -4.41. The number of nitrogens with one attached hydrogen (secondary N) is 2. The maximum absolute atomic E-state index is 12.8. The lowest BCUT2D eigenvalue weighted by atomic mass is 10.2. The SMILES string of the molecule is FC(F)(F)c1cccc(Nc2ccnc(Nc3ccc4c(c3)OCO4)n2)c1. The highest BCUT2D eigenvalue weighted by molar-refractivity contribution is 5.62. The van der Waals surface area contributed by atoms with Crippen LogP contribution in [0.25, 0.3) is 0 Å². The molecule has 2 N–H and O–H groups in total. The van der Waals surface area contributed by atoms with E-state index in [-0.39, 0.29) is 18.4 Å². The van der Waals surface area contributed by atoms with Crippen molar-refractivity contribution in [3.05, 3.63) is 60.3 Å². The Kier molecular flexibility index (Phi) is 4.19. The van der Waals surface area contributed by atoms with Gasteiger partial charge in [0.25, 0.3) is 0 Å². The van der Waals surface area contributed by atoms with E-state index in [4.69, 9.17) is 9.47 Å². The highest BCUT2D eigenvalue weighted by Gasteiger charge is 2.30. The van der Waals surface area contributed by atoms with Crippen molar-refractivity contribution in [2.24, 2.45) is 0 Å². The van der Waals surface area contributed by atoms with Gasteiger partial charge in [-0.3, -0.25) is 0 Å². The summed E-state index contributed by atoms with van der Waals surface area (Å²) in [6.45, 7) is 0.172. The molecule has 0 atom stereocenters. The molecule has 0 amide bonds. The smallest absolute Gasteiger partial charge is 0.416 e. The fourth-order valence-electron chi connectivity index (χ4n) is 2.51. The minimum absolute atomic E-state index is 0.172. The lowest BCUT2D eigenvalue weighted by molar-refractivity contribution is -0.137. The van der Waals surface area contributed by atoms with E-state index in [2.05, 4.69) is 20.6 Å². The number of rotatable bonds is 4. The molecule has 0 radical (unpaired) electrons. The van der Waals surface area contributed by atoms with Gasteiger partial charge in [0, 0.05) is 23.6 Å². The van der Waals surface area contributed by atoms with E-state index in [1.165, 1.54) is 18.3 Å². The largest absolute Gasteiger partial charge is 0.454 e. The molecule has 1 aliphatic heterocycles. The van der Waals surface area contributed by atoms with E-state index in [1.54, 1.807) is 24.3 Å². The summed E-state index contributed by atoms with van der Waals surface area (Å²) in [5, 5.41) is 5.87. The highest BCUT2D eigenvalue weighted by atomic mass is 19.4. The van der Waals surface area contributed by atoms with Crippen LogP contribution in [-0.2, 0) is 6.18 Å². The number of anilines is 4. The molecule has 27 heavy (non-hydrogen) atoms. The van der Waals surface area contributed by atoms with Crippen LogP contribution in [0.2, 0.25) is 0 Å². The fourth-order valence-corrected chi connectivity index (χ4v) is 2.51.